The lowest BCUT2D eigenvalue weighted by molar-refractivity contribution is -0.383. The molecule has 2 aliphatic rings. The molecule has 0 bridgehead atoms. The highest BCUT2D eigenvalue weighted by atomic mass is 16.6. The van der Waals surface area contributed by atoms with E-state index < -0.39 is 4.92 Å². The van der Waals surface area contributed by atoms with Crippen molar-refractivity contribution in [3.05, 3.63) is 16.4 Å². The van der Waals surface area contributed by atoms with Crippen molar-refractivity contribution in [3.63, 3.8) is 0 Å². The van der Waals surface area contributed by atoms with E-state index in [1.807, 2.05) is 17.0 Å². The predicted molar refractivity (Wildman–Crippen MR) is 102 cm³/mol. The summed E-state index contributed by atoms with van der Waals surface area (Å²) in [4.78, 5) is 37.1. The van der Waals surface area contributed by atoms with Gasteiger partial charge in [-0.2, -0.15) is 0 Å². The number of hydrazine groups is 1. The molecular formula is C16H26N8O4. The molecule has 12 nitrogen and oxygen atoms in total. The van der Waals surface area contributed by atoms with Gasteiger partial charge in [-0.3, -0.25) is 15.5 Å². The molecule has 0 aliphatic carbocycles. The van der Waals surface area contributed by atoms with Crippen LogP contribution < -0.4 is 10.3 Å². The summed E-state index contributed by atoms with van der Waals surface area (Å²) in [6.45, 7) is 7.00. The van der Waals surface area contributed by atoms with Crippen LogP contribution in [0.1, 0.15) is 6.92 Å². The molecule has 0 saturated carbocycles. The fourth-order valence-electron chi connectivity index (χ4n) is 3.23. The van der Waals surface area contributed by atoms with Crippen molar-refractivity contribution in [1.82, 2.24) is 24.8 Å². The molecule has 1 N–H and O–H groups in total. The van der Waals surface area contributed by atoms with Gasteiger partial charge < -0.3 is 19.4 Å². The minimum absolute atomic E-state index is 0.147. The van der Waals surface area contributed by atoms with Crippen LogP contribution in [0.15, 0.2) is 6.33 Å². The van der Waals surface area contributed by atoms with E-state index in [2.05, 4.69) is 20.3 Å². The van der Waals surface area contributed by atoms with Crippen LogP contribution in [0.3, 0.4) is 0 Å². The zero-order valence-electron chi connectivity index (χ0n) is 16.2. The number of nitrogens with zero attached hydrogens (tertiary/aromatic N) is 7. The second kappa shape index (κ2) is 8.97. The zero-order valence-corrected chi connectivity index (χ0v) is 16.2. The van der Waals surface area contributed by atoms with Crippen molar-refractivity contribution in [2.75, 3.05) is 76.3 Å². The first kappa shape index (κ1) is 20.0. The molecule has 2 saturated heterocycles. The Morgan fingerprint density at radius 2 is 1.86 bits per heavy atom. The van der Waals surface area contributed by atoms with Crippen LogP contribution in [0, 0.1) is 10.1 Å². The quantitative estimate of drug-likeness (QED) is 0.549. The van der Waals surface area contributed by atoms with Gasteiger partial charge in [-0.1, -0.05) is 0 Å². The molecule has 28 heavy (non-hydrogen) atoms. The second-order valence-corrected chi connectivity index (χ2v) is 6.73. The topological polar surface area (TPSA) is 120 Å². The van der Waals surface area contributed by atoms with Gasteiger partial charge in [-0.15, -0.1) is 0 Å². The van der Waals surface area contributed by atoms with E-state index in [0.29, 0.717) is 32.8 Å². The molecular weight excluding hydrogens is 368 g/mol. The summed E-state index contributed by atoms with van der Waals surface area (Å²) in [5.41, 5.74) is 2.93. The predicted octanol–water partition coefficient (Wildman–Crippen LogP) is 0.238. The van der Waals surface area contributed by atoms with Gasteiger partial charge in [0.1, 0.15) is 6.33 Å². The third-order valence-corrected chi connectivity index (χ3v) is 4.86. The molecule has 2 aliphatic heterocycles. The Morgan fingerprint density at radius 3 is 2.46 bits per heavy atom. The van der Waals surface area contributed by atoms with Gasteiger partial charge in [0.15, 0.2) is 0 Å². The van der Waals surface area contributed by atoms with Gasteiger partial charge >= 0.3 is 11.8 Å². The lowest BCUT2D eigenvalue weighted by Gasteiger charge is -2.35. The van der Waals surface area contributed by atoms with Gasteiger partial charge in [-0.05, 0) is 14.0 Å². The standard InChI is InChI=1S/C16H26N8O4/c1-3-28-16(25)22-8-6-21(7-9-22)15-13(24(26)27)14(17-12-18-15)19-23-10-4-20(2)5-11-23/h12H,3-11H2,1-2H3,(H,17,18,19). The van der Waals surface area contributed by atoms with Gasteiger partial charge in [0.25, 0.3) is 0 Å². The smallest absolute Gasteiger partial charge is 0.409 e. The SMILES string of the molecule is CCOC(=O)N1CCN(c2ncnc(NN3CCN(C)CC3)c2[N+](=O)[O-])CC1. The van der Waals surface area contributed by atoms with E-state index in [0.717, 1.165) is 26.2 Å². The summed E-state index contributed by atoms with van der Waals surface area (Å²) in [6.07, 6.45) is 0.968. The third kappa shape index (κ3) is 4.57. The van der Waals surface area contributed by atoms with Crippen molar-refractivity contribution < 1.29 is 14.5 Å². The van der Waals surface area contributed by atoms with Gasteiger partial charge in [0.2, 0.25) is 11.6 Å². The summed E-state index contributed by atoms with van der Waals surface area (Å²) in [7, 11) is 2.04. The number of carbonyl (C=O) groups excluding carboxylic acids is 1. The summed E-state index contributed by atoms with van der Waals surface area (Å²) in [5.74, 6) is 0.451. The molecule has 3 heterocycles. The lowest BCUT2D eigenvalue weighted by atomic mass is 10.3. The van der Waals surface area contributed by atoms with Crippen LogP contribution in [0.5, 0.6) is 0 Å². The normalized spacial score (nSPS) is 18.8. The van der Waals surface area contributed by atoms with E-state index in [1.54, 1.807) is 11.8 Å². The van der Waals surface area contributed by atoms with Crippen molar-refractivity contribution in [2.24, 2.45) is 0 Å². The molecule has 1 aromatic rings. The molecule has 12 heteroatoms. The summed E-state index contributed by atoms with van der Waals surface area (Å²) < 4.78 is 5.01. The Labute approximate surface area is 163 Å². The van der Waals surface area contributed by atoms with Crippen LogP contribution in [0.2, 0.25) is 0 Å². The highest BCUT2D eigenvalue weighted by Crippen LogP contribution is 2.32. The number of nitrogens with one attached hydrogen (secondary N) is 1. The molecule has 2 fully saturated rings. The molecule has 0 aromatic carbocycles. The number of carbonyl (C=O) groups is 1. The summed E-state index contributed by atoms with van der Waals surface area (Å²) in [5, 5.41) is 13.7. The zero-order chi connectivity index (χ0) is 20.1. The minimum atomic E-state index is -0.453. The average molecular weight is 394 g/mol. The largest absolute Gasteiger partial charge is 0.450 e. The van der Waals surface area contributed by atoms with Gasteiger partial charge in [-0.25, -0.2) is 19.8 Å². The number of rotatable bonds is 5. The van der Waals surface area contributed by atoms with E-state index in [9.17, 15) is 14.9 Å². The number of amides is 1. The average Bonchev–Trinajstić information content (AvgIpc) is 2.69. The number of hydrogen-bond donors (Lipinski definition) is 1. The first-order chi connectivity index (χ1) is 13.5. The maximum Gasteiger partial charge on any atom is 0.409 e. The summed E-state index contributed by atoms with van der Waals surface area (Å²) in [6, 6.07) is 0. The summed E-state index contributed by atoms with van der Waals surface area (Å²) >= 11 is 0. The monoisotopic (exact) mass is 394 g/mol. The number of nitro groups is 1. The minimum Gasteiger partial charge on any atom is -0.450 e. The van der Waals surface area contributed by atoms with Crippen LogP contribution in [-0.4, -0.2) is 102 Å². The maximum absolute atomic E-state index is 11.8. The number of aromatic nitrogens is 2. The number of piperazine rings is 2. The van der Waals surface area contributed by atoms with Crippen LogP contribution in [-0.2, 0) is 4.74 Å². The lowest BCUT2D eigenvalue weighted by Crippen LogP contribution is -2.49. The molecule has 0 atom stereocenters. The molecule has 3 rings (SSSR count). The fraction of sp³-hybridized carbons (Fsp3) is 0.688. The molecule has 154 valence electrons. The fourth-order valence-corrected chi connectivity index (χ4v) is 3.23. The number of likely N-dealkylation sites (N-methyl/N-ethyl adjacent to an activating group) is 1. The van der Waals surface area contributed by atoms with Gasteiger partial charge in [0.05, 0.1) is 11.5 Å². The molecule has 1 amide bonds. The second-order valence-electron chi connectivity index (χ2n) is 6.73. The maximum atomic E-state index is 11.8. The molecule has 0 radical (unpaired) electrons. The van der Waals surface area contributed by atoms with Crippen LogP contribution >= 0.6 is 0 Å². The van der Waals surface area contributed by atoms with E-state index in [4.69, 9.17) is 4.74 Å². The Morgan fingerprint density at radius 1 is 1.18 bits per heavy atom. The van der Waals surface area contributed by atoms with Gasteiger partial charge in [0, 0.05) is 52.4 Å². The van der Waals surface area contributed by atoms with Crippen LogP contribution in [0.25, 0.3) is 0 Å². The first-order valence-corrected chi connectivity index (χ1v) is 9.35. The van der Waals surface area contributed by atoms with Crippen molar-refractivity contribution in [2.45, 2.75) is 6.92 Å². The number of hydrogen-bond acceptors (Lipinski definition) is 10. The first-order valence-electron chi connectivity index (χ1n) is 9.35. The van der Waals surface area contributed by atoms with Crippen molar-refractivity contribution in [1.29, 1.82) is 0 Å². The van der Waals surface area contributed by atoms with E-state index >= 15 is 0 Å². The van der Waals surface area contributed by atoms with Crippen molar-refractivity contribution in [3.8, 4) is 0 Å². The molecule has 1 aromatic heterocycles. The Balaban J connectivity index is 1.73. The van der Waals surface area contributed by atoms with E-state index in [1.165, 1.54) is 6.33 Å². The third-order valence-electron chi connectivity index (χ3n) is 4.86. The molecule has 0 unspecified atom stereocenters. The Bertz CT molecular complexity index is 702. The number of anilines is 2. The highest BCUT2D eigenvalue weighted by molar-refractivity contribution is 5.71. The molecule has 0 spiro atoms. The Hall–Kier alpha value is -2.73. The highest BCUT2D eigenvalue weighted by Gasteiger charge is 2.31. The van der Waals surface area contributed by atoms with E-state index in [-0.39, 0.29) is 23.4 Å². The van der Waals surface area contributed by atoms with Crippen LogP contribution in [0.4, 0.5) is 22.1 Å². The Kier molecular flexibility index (Phi) is 6.41. The van der Waals surface area contributed by atoms with Crippen molar-refractivity contribution >= 4 is 23.4 Å². The number of ether oxygens (including phenoxy) is 1.